The molecule has 1 aromatic rings. The normalized spacial score (nSPS) is 27.5. The minimum atomic E-state index is 0.130. The molecule has 1 aliphatic carbocycles. The van der Waals surface area contributed by atoms with E-state index in [1.165, 1.54) is 24.8 Å². The van der Waals surface area contributed by atoms with Crippen LogP contribution < -0.4 is 5.32 Å². The molecule has 0 bridgehead atoms. The van der Waals surface area contributed by atoms with E-state index in [-0.39, 0.29) is 11.8 Å². The van der Waals surface area contributed by atoms with Crippen LogP contribution in [0.5, 0.6) is 0 Å². The highest BCUT2D eigenvalue weighted by Crippen LogP contribution is 2.30. The monoisotopic (exact) mass is 300 g/mol. The lowest BCUT2D eigenvalue weighted by atomic mass is 9.84. The number of carbonyl (C=O) groups is 1. The highest BCUT2D eigenvalue weighted by molar-refractivity contribution is 5.79. The van der Waals surface area contributed by atoms with Gasteiger partial charge in [-0.2, -0.15) is 0 Å². The van der Waals surface area contributed by atoms with E-state index in [9.17, 15) is 4.79 Å². The van der Waals surface area contributed by atoms with Gasteiger partial charge in [-0.3, -0.25) is 4.79 Å². The van der Waals surface area contributed by atoms with Crippen molar-refractivity contribution in [2.75, 3.05) is 20.1 Å². The molecule has 1 saturated carbocycles. The minimum absolute atomic E-state index is 0.130. The van der Waals surface area contributed by atoms with Gasteiger partial charge in [-0.15, -0.1) is 0 Å². The van der Waals surface area contributed by atoms with E-state index < -0.39 is 0 Å². The molecular formula is C19H28N2O. The van der Waals surface area contributed by atoms with Gasteiger partial charge in [0.15, 0.2) is 0 Å². The first-order valence-electron chi connectivity index (χ1n) is 8.76. The number of likely N-dealkylation sites (tertiary alicyclic amines) is 1. The number of benzene rings is 1. The van der Waals surface area contributed by atoms with Gasteiger partial charge in [-0.05, 0) is 37.8 Å². The van der Waals surface area contributed by atoms with Crippen LogP contribution in [0.15, 0.2) is 30.3 Å². The lowest BCUT2D eigenvalue weighted by Crippen LogP contribution is -2.47. The summed E-state index contributed by atoms with van der Waals surface area (Å²) in [4.78, 5) is 15.0. The fourth-order valence-corrected chi connectivity index (χ4v) is 4.04. The third-order valence-corrected chi connectivity index (χ3v) is 5.23. The smallest absolute Gasteiger partial charge is 0.224 e. The molecule has 120 valence electrons. The maximum Gasteiger partial charge on any atom is 0.224 e. The first-order valence-corrected chi connectivity index (χ1v) is 8.76. The third-order valence-electron chi connectivity index (χ3n) is 5.23. The van der Waals surface area contributed by atoms with Crippen molar-refractivity contribution < 1.29 is 4.79 Å². The summed E-state index contributed by atoms with van der Waals surface area (Å²) in [5.74, 6) is 0.882. The van der Waals surface area contributed by atoms with E-state index in [4.69, 9.17) is 0 Å². The molecule has 0 radical (unpaired) electrons. The van der Waals surface area contributed by atoms with Gasteiger partial charge in [0.05, 0.1) is 5.92 Å². The van der Waals surface area contributed by atoms with Gasteiger partial charge >= 0.3 is 0 Å². The summed E-state index contributed by atoms with van der Waals surface area (Å²) in [6.45, 7) is 1.94. The zero-order valence-electron chi connectivity index (χ0n) is 13.6. The molecule has 2 atom stereocenters. The Labute approximate surface area is 134 Å². The van der Waals surface area contributed by atoms with Crippen molar-refractivity contribution in [1.82, 2.24) is 10.2 Å². The van der Waals surface area contributed by atoms with Gasteiger partial charge in [0.2, 0.25) is 5.91 Å². The standard InChI is InChI=1S/C19H28N2O/c1-21-13-16(15-8-4-2-5-9-15)12-17(14-21)19(22)20-18-10-6-3-7-11-18/h2,4-5,8-9,16-18H,3,6-7,10-14H2,1H3,(H,20,22). The zero-order valence-corrected chi connectivity index (χ0v) is 13.6. The first kappa shape index (κ1) is 15.5. The van der Waals surface area contributed by atoms with Gasteiger partial charge in [0.1, 0.15) is 0 Å². The Morgan fingerprint density at radius 1 is 1.09 bits per heavy atom. The van der Waals surface area contributed by atoms with Crippen molar-refractivity contribution in [2.24, 2.45) is 5.92 Å². The molecule has 3 nitrogen and oxygen atoms in total. The molecule has 2 aliphatic rings. The second-order valence-electron chi connectivity index (χ2n) is 7.10. The molecule has 0 spiro atoms. The Bertz CT molecular complexity index is 481. The van der Waals surface area contributed by atoms with Crippen LogP contribution >= 0.6 is 0 Å². The molecule has 3 rings (SSSR count). The number of hydrogen-bond acceptors (Lipinski definition) is 2. The van der Waals surface area contributed by atoms with E-state index in [2.05, 4.69) is 47.6 Å². The third kappa shape index (κ3) is 3.89. The van der Waals surface area contributed by atoms with E-state index in [1.54, 1.807) is 0 Å². The maximum absolute atomic E-state index is 12.7. The fraction of sp³-hybridized carbons (Fsp3) is 0.632. The summed E-state index contributed by atoms with van der Waals surface area (Å²) >= 11 is 0. The number of amides is 1. The van der Waals surface area contributed by atoms with Crippen molar-refractivity contribution in [3.05, 3.63) is 35.9 Å². The van der Waals surface area contributed by atoms with Gasteiger partial charge in [-0.1, -0.05) is 49.6 Å². The zero-order chi connectivity index (χ0) is 15.4. The number of rotatable bonds is 3. The number of likely N-dealkylation sites (N-methyl/N-ethyl adjacent to an activating group) is 1. The van der Waals surface area contributed by atoms with Crippen LogP contribution in [-0.2, 0) is 4.79 Å². The Morgan fingerprint density at radius 2 is 1.82 bits per heavy atom. The highest BCUT2D eigenvalue weighted by atomic mass is 16.2. The molecule has 22 heavy (non-hydrogen) atoms. The average Bonchev–Trinajstić information content (AvgIpc) is 2.56. The second-order valence-corrected chi connectivity index (χ2v) is 7.10. The van der Waals surface area contributed by atoms with Crippen molar-refractivity contribution in [3.8, 4) is 0 Å². The quantitative estimate of drug-likeness (QED) is 0.930. The molecule has 3 heteroatoms. The second kappa shape index (κ2) is 7.28. The predicted octanol–water partition coefficient (Wildman–Crippen LogP) is 3.17. The van der Waals surface area contributed by atoms with Crippen molar-refractivity contribution in [3.63, 3.8) is 0 Å². The van der Waals surface area contributed by atoms with Crippen molar-refractivity contribution >= 4 is 5.91 Å². The summed E-state index contributed by atoms with van der Waals surface area (Å²) < 4.78 is 0. The summed E-state index contributed by atoms with van der Waals surface area (Å²) in [6.07, 6.45) is 7.17. The summed E-state index contributed by atoms with van der Waals surface area (Å²) in [7, 11) is 2.13. The first-order chi connectivity index (χ1) is 10.7. The topological polar surface area (TPSA) is 32.3 Å². The van der Waals surface area contributed by atoms with Crippen LogP contribution in [0.2, 0.25) is 0 Å². The van der Waals surface area contributed by atoms with Crippen molar-refractivity contribution in [1.29, 1.82) is 0 Å². The number of nitrogens with zero attached hydrogens (tertiary/aromatic N) is 1. The van der Waals surface area contributed by atoms with E-state index in [1.807, 2.05) is 0 Å². The summed E-state index contributed by atoms with van der Waals surface area (Å²) in [6, 6.07) is 11.1. The molecule has 1 saturated heterocycles. The van der Waals surface area contributed by atoms with Crippen LogP contribution in [0.1, 0.15) is 50.0 Å². The van der Waals surface area contributed by atoms with Crippen LogP contribution in [0.3, 0.4) is 0 Å². The Kier molecular flexibility index (Phi) is 5.14. The van der Waals surface area contributed by atoms with E-state index >= 15 is 0 Å². The summed E-state index contributed by atoms with van der Waals surface area (Å²) in [5, 5.41) is 3.32. The van der Waals surface area contributed by atoms with E-state index in [0.717, 1.165) is 32.4 Å². The number of piperidine rings is 1. The van der Waals surface area contributed by atoms with Gasteiger partial charge in [0.25, 0.3) is 0 Å². The van der Waals surface area contributed by atoms with Crippen LogP contribution in [0, 0.1) is 5.92 Å². The lowest BCUT2D eigenvalue weighted by Gasteiger charge is -2.36. The van der Waals surface area contributed by atoms with Gasteiger partial charge in [-0.25, -0.2) is 0 Å². The molecule has 1 N–H and O–H groups in total. The number of hydrogen-bond donors (Lipinski definition) is 1. The Hall–Kier alpha value is -1.35. The maximum atomic E-state index is 12.7. The number of nitrogens with one attached hydrogen (secondary N) is 1. The molecule has 1 aliphatic heterocycles. The predicted molar refractivity (Wildman–Crippen MR) is 89.8 cm³/mol. The SMILES string of the molecule is CN1CC(C(=O)NC2CCCCC2)CC(c2ccccc2)C1. The van der Waals surface area contributed by atoms with Crippen molar-refractivity contribution in [2.45, 2.75) is 50.5 Å². The fourth-order valence-electron chi connectivity index (χ4n) is 4.04. The summed E-state index contributed by atoms with van der Waals surface area (Å²) in [5.41, 5.74) is 1.37. The largest absolute Gasteiger partial charge is 0.353 e. The molecule has 1 amide bonds. The minimum Gasteiger partial charge on any atom is -0.353 e. The van der Waals surface area contributed by atoms with Crippen LogP contribution in [0.25, 0.3) is 0 Å². The lowest BCUT2D eigenvalue weighted by molar-refractivity contribution is -0.127. The van der Waals surface area contributed by atoms with Gasteiger partial charge < -0.3 is 10.2 Å². The molecule has 2 unspecified atom stereocenters. The Morgan fingerprint density at radius 3 is 2.55 bits per heavy atom. The molecule has 0 aromatic heterocycles. The molecule has 1 heterocycles. The van der Waals surface area contributed by atoms with Crippen LogP contribution in [0.4, 0.5) is 0 Å². The number of carbonyl (C=O) groups excluding carboxylic acids is 1. The Balaban J connectivity index is 1.61. The van der Waals surface area contributed by atoms with E-state index in [0.29, 0.717) is 12.0 Å². The average molecular weight is 300 g/mol. The molecular weight excluding hydrogens is 272 g/mol. The van der Waals surface area contributed by atoms with Crippen LogP contribution in [-0.4, -0.2) is 37.0 Å². The molecule has 2 fully saturated rings. The molecule has 1 aromatic carbocycles. The highest BCUT2D eigenvalue weighted by Gasteiger charge is 2.31. The van der Waals surface area contributed by atoms with Gasteiger partial charge in [0, 0.05) is 19.1 Å².